The summed E-state index contributed by atoms with van der Waals surface area (Å²) in [5.74, 6) is 0.512. The van der Waals surface area contributed by atoms with Gasteiger partial charge in [-0.25, -0.2) is 9.50 Å². The Kier molecular flexibility index (Phi) is 7.32. The van der Waals surface area contributed by atoms with Crippen molar-refractivity contribution in [2.75, 3.05) is 20.3 Å². The van der Waals surface area contributed by atoms with Gasteiger partial charge in [0.05, 0.1) is 13.3 Å². The summed E-state index contributed by atoms with van der Waals surface area (Å²) in [6.07, 6.45) is 7.07. The van der Waals surface area contributed by atoms with Crippen LogP contribution in [0.3, 0.4) is 0 Å². The standard InChI is InChI=1S/C24H26ClN5O4/c1-16(25)15-34-21-12-17(7-8-20(21)33-2)14-29(19-6-3-4-9-27-23(19)31)24(32)18-13-28-30-11-5-10-26-22(18)30/h5,7-8,10-13,19H,1,3-4,6,9,14-15H2,2H3,(H,27,31)/t19-/m0/s1. The molecule has 1 atom stereocenters. The van der Waals surface area contributed by atoms with Crippen molar-refractivity contribution in [3.05, 3.63) is 65.6 Å². The number of carbonyl (C=O) groups is 2. The zero-order chi connectivity index (χ0) is 24.1. The van der Waals surface area contributed by atoms with E-state index in [0.717, 1.165) is 18.4 Å². The normalized spacial score (nSPS) is 15.9. The molecule has 0 saturated carbocycles. The minimum Gasteiger partial charge on any atom is -0.493 e. The maximum absolute atomic E-state index is 13.8. The zero-order valence-corrected chi connectivity index (χ0v) is 19.6. The topological polar surface area (TPSA) is 98.1 Å². The highest BCUT2D eigenvalue weighted by atomic mass is 35.5. The summed E-state index contributed by atoms with van der Waals surface area (Å²) in [6.45, 7) is 4.53. The molecule has 2 aromatic heterocycles. The molecular weight excluding hydrogens is 458 g/mol. The number of benzene rings is 1. The molecule has 10 heteroatoms. The van der Waals surface area contributed by atoms with E-state index in [-0.39, 0.29) is 25.0 Å². The summed E-state index contributed by atoms with van der Waals surface area (Å²) in [5, 5.41) is 7.51. The molecule has 0 unspecified atom stereocenters. The van der Waals surface area contributed by atoms with Crippen LogP contribution >= 0.6 is 11.6 Å². The van der Waals surface area contributed by atoms with E-state index in [2.05, 4.69) is 22.0 Å². The van der Waals surface area contributed by atoms with Crippen LogP contribution in [0.2, 0.25) is 0 Å². The Morgan fingerprint density at radius 1 is 1.35 bits per heavy atom. The van der Waals surface area contributed by atoms with E-state index in [0.29, 0.717) is 40.7 Å². The SMILES string of the molecule is C=C(Cl)COc1cc(CN(C(=O)c2cnn3cccnc23)[C@H]2CCCCNC2=O)ccc1OC. The molecule has 3 aromatic rings. The number of hydrogen-bond donors (Lipinski definition) is 1. The average molecular weight is 484 g/mol. The van der Waals surface area contributed by atoms with Crippen LogP contribution in [0.1, 0.15) is 35.2 Å². The molecule has 1 N–H and O–H groups in total. The molecular formula is C24H26ClN5O4. The Balaban J connectivity index is 1.70. The van der Waals surface area contributed by atoms with Crippen LogP contribution < -0.4 is 14.8 Å². The van der Waals surface area contributed by atoms with E-state index < -0.39 is 6.04 Å². The molecule has 0 radical (unpaired) electrons. The first-order valence-corrected chi connectivity index (χ1v) is 11.4. The molecule has 0 spiro atoms. The lowest BCUT2D eigenvalue weighted by Crippen LogP contribution is -2.48. The number of amides is 2. The molecule has 1 saturated heterocycles. The highest BCUT2D eigenvalue weighted by molar-refractivity contribution is 6.29. The molecule has 178 valence electrons. The molecule has 1 aromatic carbocycles. The van der Waals surface area contributed by atoms with Crippen LogP contribution in [0, 0.1) is 0 Å². The van der Waals surface area contributed by atoms with E-state index in [9.17, 15) is 9.59 Å². The maximum atomic E-state index is 13.8. The molecule has 3 heterocycles. The van der Waals surface area contributed by atoms with Gasteiger partial charge >= 0.3 is 0 Å². The van der Waals surface area contributed by atoms with Gasteiger partial charge in [0.25, 0.3) is 5.91 Å². The molecule has 0 aliphatic carbocycles. The monoisotopic (exact) mass is 483 g/mol. The fraction of sp³-hybridized carbons (Fsp3) is 0.333. The Morgan fingerprint density at radius 3 is 3.00 bits per heavy atom. The van der Waals surface area contributed by atoms with Crippen molar-refractivity contribution in [3.8, 4) is 11.5 Å². The van der Waals surface area contributed by atoms with Gasteiger partial charge in [0.1, 0.15) is 18.2 Å². The number of halogens is 1. The van der Waals surface area contributed by atoms with Gasteiger partial charge in [-0.05, 0) is 43.0 Å². The zero-order valence-electron chi connectivity index (χ0n) is 18.9. The van der Waals surface area contributed by atoms with Crippen molar-refractivity contribution < 1.29 is 19.1 Å². The van der Waals surface area contributed by atoms with Gasteiger partial charge < -0.3 is 19.7 Å². The smallest absolute Gasteiger partial charge is 0.260 e. The number of methoxy groups -OCH3 is 1. The van der Waals surface area contributed by atoms with Crippen LogP contribution in [-0.2, 0) is 11.3 Å². The van der Waals surface area contributed by atoms with E-state index in [4.69, 9.17) is 21.1 Å². The van der Waals surface area contributed by atoms with E-state index in [1.165, 1.54) is 10.7 Å². The van der Waals surface area contributed by atoms with Gasteiger partial charge in [-0.3, -0.25) is 9.59 Å². The lowest BCUT2D eigenvalue weighted by molar-refractivity contribution is -0.125. The number of nitrogens with zero attached hydrogens (tertiary/aromatic N) is 4. The number of hydrogen-bond acceptors (Lipinski definition) is 6. The summed E-state index contributed by atoms with van der Waals surface area (Å²) in [7, 11) is 1.54. The predicted octanol–water partition coefficient (Wildman–Crippen LogP) is 3.18. The van der Waals surface area contributed by atoms with Crippen molar-refractivity contribution in [1.29, 1.82) is 0 Å². The highest BCUT2D eigenvalue weighted by Gasteiger charge is 2.33. The number of rotatable bonds is 8. The third kappa shape index (κ3) is 5.14. The van der Waals surface area contributed by atoms with Crippen molar-refractivity contribution >= 4 is 29.1 Å². The van der Waals surface area contributed by atoms with Crippen molar-refractivity contribution in [2.45, 2.75) is 31.8 Å². The van der Waals surface area contributed by atoms with E-state index >= 15 is 0 Å². The van der Waals surface area contributed by atoms with Gasteiger partial charge in [-0.1, -0.05) is 24.2 Å². The first-order valence-electron chi connectivity index (χ1n) is 11.0. The van der Waals surface area contributed by atoms with Gasteiger partial charge in [-0.2, -0.15) is 5.10 Å². The second-order valence-electron chi connectivity index (χ2n) is 7.97. The van der Waals surface area contributed by atoms with Crippen LogP contribution in [0.15, 0.2) is 54.5 Å². The highest BCUT2D eigenvalue weighted by Crippen LogP contribution is 2.30. The minimum absolute atomic E-state index is 0.114. The summed E-state index contributed by atoms with van der Waals surface area (Å²) in [6, 6.07) is 6.49. The Hall–Kier alpha value is -3.59. The molecule has 4 rings (SSSR count). The largest absolute Gasteiger partial charge is 0.493 e. The molecule has 2 amide bonds. The molecule has 1 fully saturated rings. The molecule has 0 bridgehead atoms. The second kappa shape index (κ2) is 10.6. The fourth-order valence-electron chi connectivity index (χ4n) is 3.96. The Bertz CT molecular complexity index is 1210. The van der Waals surface area contributed by atoms with Crippen LogP contribution in [0.25, 0.3) is 5.65 Å². The molecule has 9 nitrogen and oxygen atoms in total. The number of carbonyl (C=O) groups excluding carboxylic acids is 2. The molecule has 1 aliphatic heterocycles. The van der Waals surface area contributed by atoms with Gasteiger partial charge in [-0.15, -0.1) is 0 Å². The number of nitrogens with one attached hydrogen (secondary N) is 1. The Morgan fingerprint density at radius 2 is 2.21 bits per heavy atom. The third-order valence-electron chi connectivity index (χ3n) is 5.62. The minimum atomic E-state index is -0.622. The molecule has 1 aliphatic rings. The summed E-state index contributed by atoms with van der Waals surface area (Å²) in [5.41, 5.74) is 1.54. The van der Waals surface area contributed by atoms with Gasteiger partial charge in [0, 0.05) is 30.5 Å². The quantitative estimate of drug-likeness (QED) is 0.528. The van der Waals surface area contributed by atoms with Gasteiger partial charge in [0.15, 0.2) is 17.1 Å². The van der Waals surface area contributed by atoms with E-state index in [1.807, 2.05) is 6.07 Å². The molecule has 34 heavy (non-hydrogen) atoms. The summed E-state index contributed by atoms with van der Waals surface area (Å²) in [4.78, 5) is 32.6. The number of fused-ring (bicyclic) bond motifs is 1. The van der Waals surface area contributed by atoms with E-state index in [1.54, 1.807) is 42.6 Å². The third-order valence-corrected chi connectivity index (χ3v) is 5.73. The lowest BCUT2D eigenvalue weighted by atomic mass is 10.1. The second-order valence-corrected chi connectivity index (χ2v) is 8.51. The predicted molar refractivity (Wildman–Crippen MR) is 127 cm³/mol. The first-order chi connectivity index (χ1) is 16.5. The maximum Gasteiger partial charge on any atom is 0.260 e. The van der Waals surface area contributed by atoms with Crippen molar-refractivity contribution in [1.82, 2.24) is 24.8 Å². The average Bonchev–Trinajstić information content (AvgIpc) is 3.16. The summed E-state index contributed by atoms with van der Waals surface area (Å²) >= 11 is 5.86. The van der Waals surface area contributed by atoms with Crippen LogP contribution in [-0.4, -0.2) is 57.6 Å². The first kappa shape index (κ1) is 23.6. The van der Waals surface area contributed by atoms with Crippen LogP contribution in [0.4, 0.5) is 0 Å². The fourth-order valence-corrected chi connectivity index (χ4v) is 4.02. The lowest BCUT2D eigenvalue weighted by Gasteiger charge is -2.30. The van der Waals surface area contributed by atoms with Crippen molar-refractivity contribution in [2.24, 2.45) is 0 Å². The van der Waals surface area contributed by atoms with Crippen molar-refractivity contribution in [3.63, 3.8) is 0 Å². The Labute approximate surface area is 202 Å². The van der Waals surface area contributed by atoms with Gasteiger partial charge in [0.2, 0.25) is 5.91 Å². The van der Waals surface area contributed by atoms with Crippen LogP contribution in [0.5, 0.6) is 11.5 Å². The summed E-state index contributed by atoms with van der Waals surface area (Å²) < 4.78 is 12.6. The number of aromatic nitrogens is 3. The number of ether oxygens (including phenoxy) is 2.